The predicted molar refractivity (Wildman–Crippen MR) is 125 cm³/mol. The molecule has 1 aromatic carbocycles. The van der Waals surface area contributed by atoms with E-state index in [1.807, 2.05) is 0 Å². The number of nitrogens with zero attached hydrogens (tertiary/aromatic N) is 2. The van der Waals surface area contributed by atoms with Gasteiger partial charge in [-0.05, 0) is 25.0 Å². The van der Waals surface area contributed by atoms with Crippen molar-refractivity contribution in [3.05, 3.63) is 27.7 Å². The molecule has 0 atom stereocenters. The zero-order chi connectivity index (χ0) is 22.2. The van der Waals surface area contributed by atoms with Crippen LogP contribution < -0.4 is 10.9 Å². The molecule has 0 saturated heterocycles. The van der Waals surface area contributed by atoms with Gasteiger partial charge in [-0.2, -0.15) is 10.2 Å². The molecule has 7 nitrogen and oxygen atoms in total. The molecule has 0 unspecified atom stereocenters. The molecule has 8 heteroatoms. The molecule has 30 heavy (non-hydrogen) atoms. The van der Waals surface area contributed by atoms with Crippen molar-refractivity contribution in [2.24, 2.45) is 10.2 Å². The van der Waals surface area contributed by atoms with Crippen molar-refractivity contribution in [2.45, 2.75) is 78.1 Å². The van der Waals surface area contributed by atoms with Crippen LogP contribution in [-0.2, 0) is 9.59 Å². The summed E-state index contributed by atoms with van der Waals surface area (Å²) >= 11 is 3.38. The molecule has 0 aromatic heterocycles. The Morgan fingerprint density at radius 2 is 1.30 bits per heavy atom. The topological polar surface area (TPSA) is 103 Å². The Balaban J connectivity index is 2.59. The van der Waals surface area contributed by atoms with E-state index < -0.39 is 0 Å². The van der Waals surface area contributed by atoms with E-state index in [4.69, 9.17) is 0 Å². The van der Waals surface area contributed by atoms with E-state index in [-0.39, 0.29) is 17.6 Å². The van der Waals surface area contributed by atoms with Gasteiger partial charge < -0.3 is 5.11 Å². The van der Waals surface area contributed by atoms with E-state index in [0.29, 0.717) is 28.4 Å². The maximum atomic E-state index is 11.8. The molecule has 3 N–H and O–H groups in total. The average Bonchev–Trinajstić information content (AvgIpc) is 2.71. The maximum absolute atomic E-state index is 11.8. The van der Waals surface area contributed by atoms with Crippen molar-refractivity contribution in [3.63, 3.8) is 0 Å². The van der Waals surface area contributed by atoms with Crippen molar-refractivity contribution in [3.8, 4) is 5.75 Å². The van der Waals surface area contributed by atoms with Crippen molar-refractivity contribution in [1.29, 1.82) is 0 Å². The van der Waals surface area contributed by atoms with Gasteiger partial charge in [-0.1, -0.05) is 68.3 Å². The highest BCUT2D eigenvalue weighted by atomic mass is 79.9. The number of amides is 2. The lowest BCUT2D eigenvalue weighted by molar-refractivity contribution is -0.122. The fraction of sp³-hybridized carbons (Fsp3) is 0.545. The van der Waals surface area contributed by atoms with Gasteiger partial charge in [0.1, 0.15) is 5.75 Å². The summed E-state index contributed by atoms with van der Waals surface area (Å²) in [5, 5.41) is 18.3. The van der Waals surface area contributed by atoms with Gasteiger partial charge in [-0.3, -0.25) is 9.59 Å². The number of phenols is 1. The number of aromatic hydroxyl groups is 1. The number of nitrogens with one attached hydrogen (secondary N) is 2. The minimum Gasteiger partial charge on any atom is -0.507 e. The van der Waals surface area contributed by atoms with E-state index in [1.54, 1.807) is 12.1 Å². The van der Waals surface area contributed by atoms with Gasteiger partial charge in [-0.15, -0.1) is 0 Å². The first-order valence-electron chi connectivity index (χ1n) is 10.6. The Bertz CT molecular complexity index is 678. The molecule has 0 aliphatic rings. The number of rotatable bonds is 14. The molecule has 0 bridgehead atoms. The minimum absolute atomic E-state index is 0.0416. The summed E-state index contributed by atoms with van der Waals surface area (Å²) < 4.78 is 0.708. The number of benzene rings is 1. The molecule has 0 spiro atoms. The van der Waals surface area contributed by atoms with Crippen LogP contribution in [0.15, 0.2) is 26.8 Å². The lowest BCUT2D eigenvalue weighted by Crippen LogP contribution is -2.17. The third-order valence-electron chi connectivity index (χ3n) is 4.43. The summed E-state index contributed by atoms with van der Waals surface area (Å²) in [5.74, 6) is -0.347. The first-order valence-corrected chi connectivity index (χ1v) is 11.4. The van der Waals surface area contributed by atoms with Crippen LogP contribution in [0.1, 0.15) is 89.2 Å². The number of carbonyl (C=O) groups is 2. The summed E-state index contributed by atoms with van der Waals surface area (Å²) in [6.45, 7) is 4.24. The number of halogens is 1. The van der Waals surface area contributed by atoms with Gasteiger partial charge in [0, 0.05) is 28.4 Å². The van der Waals surface area contributed by atoms with E-state index in [1.165, 1.54) is 12.4 Å². The molecule has 1 aromatic rings. The quantitative estimate of drug-likeness (QED) is 0.198. The Hall–Kier alpha value is -2.22. The van der Waals surface area contributed by atoms with Crippen LogP contribution in [-0.4, -0.2) is 29.4 Å². The van der Waals surface area contributed by atoms with Gasteiger partial charge in [0.15, 0.2) is 0 Å². The summed E-state index contributed by atoms with van der Waals surface area (Å²) in [7, 11) is 0. The fourth-order valence-electron chi connectivity index (χ4n) is 2.72. The Kier molecular flexibility index (Phi) is 13.4. The molecule has 0 heterocycles. The maximum Gasteiger partial charge on any atom is 0.240 e. The first-order chi connectivity index (χ1) is 14.5. The summed E-state index contributed by atoms with van der Waals surface area (Å²) in [6, 6.07) is 3.35. The lowest BCUT2D eigenvalue weighted by Gasteiger charge is -2.05. The van der Waals surface area contributed by atoms with Crippen LogP contribution in [0.5, 0.6) is 5.75 Å². The Morgan fingerprint density at radius 3 is 1.70 bits per heavy atom. The molecule has 0 aliphatic carbocycles. The van der Waals surface area contributed by atoms with Crippen molar-refractivity contribution in [1.82, 2.24) is 10.9 Å². The Labute approximate surface area is 187 Å². The van der Waals surface area contributed by atoms with Gasteiger partial charge in [-0.25, -0.2) is 10.9 Å². The summed E-state index contributed by atoms with van der Waals surface area (Å²) in [6.07, 6.45) is 11.8. The number of hydrogen-bond acceptors (Lipinski definition) is 5. The molecule has 1 rings (SSSR count). The van der Waals surface area contributed by atoms with E-state index in [0.717, 1.165) is 51.4 Å². The minimum atomic E-state index is -0.153. The molecule has 166 valence electrons. The monoisotopic (exact) mass is 480 g/mol. The SMILES string of the molecule is CCCCCCC(=O)N/N=C/c1cc(Br)cc(/C=N/NC(=O)CCCCCC)c1O. The van der Waals surface area contributed by atoms with Crippen LogP contribution in [0.25, 0.3) is 0 Å². The van der Waals surface area contributed by atoms with Crippen molar-refractivity contribution >= 4 is 40.2 Å². The van der Waals surface area contributed by atoms with Crippen LogP contribution in [0, 0.1) is 0 Å². The van der Waals surface area contributed by atoms with Gasteiger partial charge in [0.25, 0.3) is 0 Å². The third-order valence-corrected chi connectivity index (χ3v) is 4.89. The van der Waals surface area contributed by atoms with Crippen LogP contribution in [0.4, 0.5) is 0 Å². The van der Waals surface area contributed by atoms with Crippen molar-refractivity contribution < 1.29 is 14.7 Å². The van der Waals surface area contributed by atoms with E-state index in [2.05, 4.69) is 50.8 Å². The van der Waals surface area contributed by atoms with Crippen LogP contribution in [0.3, 0.4) is 0 Å². The number of carbonyl (C=O) groups excluding carboxylic acids is 2. The molecular weight excluding hydrogens is 448 g/mol. The second-order valence-electron chi connectivity index (χ2n) is 7.14. The van der Waals surface area contributed by atoms with Gasteiger partial charge >= 0.3 is 0 Å². The molecule has 0 fully saturated rings. The highest BCUT2D eigenvalue weighted by Gasteiger charge is 2.07. The molecule has 0 aliphatic heterocycles. The second-order valence-corrected chi connectivity index (χ2v) is 8.06. The van der Waals surface area contributed by atoms with Gasteiger partial charge in [0.05, 0.1) is 12.4 Å². The third kappa shape index (κ3) is 11.1. The molecular formula is C22H33BrN4O3. The normalized spacial score (nSPS) is 11.3. The predicted octanol–water partition coefficient (Wildman–Crippen LogP) is 5.00. The number of unbranched alkanes of at least 4 members (excludes halogenated alkanes) is 6. The molecule has 0 radical (unpaired) electrons. The van der Waals surface area contributed by atoms with E-state index >= 15 is 0 Å². The number of hydrazone groups is 2. The highest BCUT2D eigenvalue weighted by Crippen LogP contribution is 2.25. The summed E-state index contributed by atoms with van der Waals surface area (Å²) in [5.41, 5.74) is 5.79. The first kappa shape index (κ1) is 25.8. The number of phenolic OH excluding ortho intramolecular Hbond substituents is 1. The van der Waals surface area contributed by atoms with Crippen LogP contribution >= 0.6 is 15.9 Å². The van der Waals surface area contributed by atoms with Crippen molar-refractivity contribution in [2.75, 3.05) is 0 Å². The largest absolute Gasteiger partial charge is 0.507 e. The lowest BCUT2D eigenvalue weighted by atomic mass is 10.1. The van der Waals surface area contributed by atoms with E-state index in [9.17, 15) is 14.7 Å². The average molecular weight is 481 g/mol. The standard InChI is InChI=1S/C22H33BrN4O3/c1-3-5-7-9-11-20(28)26-24-15-17-13-19(23)14-18(22(17)30)16-25-27-21(29)12-10-8-6-4-2/h13-16,30H,3-12H2,1-2H3,(H,26,28)(H,27,29)/b24-15+,25-16+. The van der Waals surface area contributed by atoms with Crippen LogP contribution in [0.2, 0.25) is 0 Å². The fourth-order valence-corrected chi connectivity index (χ4v) is 3.22. The zero-order valence-corrected chi connectivity index (χ0v) is 19.5. The number of hydrogen-bond donors (Lipinski definition) is 3. The Morgan fingerprint density at radius 1 is 0.867 bits per heavy atom. The summed E-state index contributed by atoms with van der Waals surface area (Å²) in [4.78, 5) is 23.5. The molecule has 0 saturated carbocycles. The molecule has 2 amide bonds. The van der Waals surface area contributed by atoms with Gasteiger partial charge in [0.2, 0.25) is 11.8 Å². The zero-order valence-electron chi connectivity index (χ0n) is 17.9. The highest BCUT2D eigenvalue weighted by molar-refractivity contribution is 9.10. The second kappa shape index (κ2) is 15.6. The smallest absolute Gasteiger partial charge is 0.240 e.